The molecule has 3 rings (SSSR count). The minimum atomic E-state index is -0.599. The van der Waals surface area contributed by atoms with Gasteiger partial charge in [0.05, 0.1) is 18.4 Å². The molecule has 1 aliphatic rings. The summed E-state index contributed by atoms with van der Waals surface area (Å²) >= 11 is 0. The number of nitrogens with one attached hydrogen (secondary N) is 1. The number of piperazine rings is 1. The van der Waals surface area contributed by atoms with Gasteiger partial charge in [0.15, 0.2) is 5.78 Å². The third kappa shape index (κ3) is 3.28. The first kappa shape index (κ1) is 19.7. The Labute approximate surface area is 164 Å². The van der Waals surface area contributed by atoms with Crippen LogP contribution in [-0.4, -0.2) is 53.7 Å². The molecule has 7 heteroatoms. The summed E-state index contributed by atoms with van der Waals surface area (Å²) in [5, 5.41) is 0. The van der Waals surface area contributed by atoms with Crippen LogP contribution in [0, 0.1) is 13.8 Å². The first-order valence-electron chi connectivity index (χ1n) is 9.22. The maximum Gasteiger partial charge on any atom is 0.256 e. The van der Waals surface area contributed by atoms with Crippen molar-refractivity contribution in [3.8, 4) is 5.75 Å². The van der Waals surface area contributed by atoms with Gasteiger partial charge in [-0.1, -0.05) is 0 Å². The molecule has 0 spiro atoms. The molecule has 1 aromatic carbocycles. The molecule has 0 saturated carbocycles. The van der Waals surface area contributed by atoms with Crippen molar-refractivity contribution in [2.24, 2.45) is 0 Å². The summed E-state index contributed by atoms with van der Waals surface area (Å²) in [6.07, 6.45) is 0. The van der Waals surface area contributed by atoms with E-state index in [-0.39, 0.29) is 17.6 Å². The van der Waals surface area contributed by atoms with E-state index in [1.54, 1.807) is 49.8 Å². The summed E-state index contributed by atoms with van der Waals surface area (Å²) in [7, 11) is 1.59. The van der Waals surface area contributed by atoms with Gasteiger partial charge in [-0.25, -0.2) is 0 Å². The lowest BCUT2D eigenvalue weighted by atomic mass is 10.0. The summed E-state index contributed by atoms with van der Waals surface area (Å²) in [5.74, 6) is 0.238. The van der Waals surface area contributed by atoms with Crippen molar-refractivity contribution in [3.05, 3.63) is 46.8 Å². The summed E-state index contributed by atoms with van der Waals surface area (Å²) in [4.78, 5) is 44.1. The molecule has 0 unspecified atom stereocenters. The van der Waals surface area contributed by atoms with Crippen molar-refractivity contribution in [1.82, 2.24) is 9.88 Å². The Balaban J connectivity index is 1.84. The highest BCUT2D eigenvalue weighted by Gasteiger charge is 2.37. The SMILES string of the molecule is COc1ccc(N2CCN(C(=O)c3c(C)[nH]c(C(C)=O)c3C)[C@H](C)C2=O)cc1. The van der Waals surface area contributed by atoms with Crippen LogP contribution in [0.4, 0.5) is 5.69 Å². The average molecular weight is 383 g/mol. The van der Waals surface area contributed by atoms with Crippen LogP contribution < -0.4 is 9.64 Å². The van der Waals surface area contributed by atoms with E-state index in [2.05, 4.69) is 4.98 Å². The molecule has 0 radical (unpaired) electrons. The number of nitrogens with zero attached hydrogens (tertiary/aromatic N) is 2. The number of carbonyl (C=O) groups excluding carboxylic acids is 3. The van der Waals surface area contributed by atoms with Gasteiger partial charge < -0.3 is 19.5 Å². The minimum Gasteiger partial charge on any atom is -0.497 e. The summed E-state index contributed by atoms with van der Waals surface area (Å²) in [5.41, 5.74) is 2.97. The van der Waals surface area contributed by atoms with Gasteiger partial charge in [-0.3, -0.25) is 14.4 Å². The molecule has 1 saturated heterocycles. The fourth-order valence-corrected chi connectivity index (χ4v) is 3.73. The highest BCUT2D eigenvalue weighted by Crippen LogP contribution is 2.26. The molecule has 0 bridgehead atoms. The number of amides is 2. The predicted octanol–water partition coefficient (Wildman–Crippen LogP) is 2.72. The van der Waals surface area contributed by atoms with E-state index in [0.29, 0.717) is 35.6 Å². The lowest BCUT2D eigenvalue weighted by Gasteiger charge is -2.39. The van der Waals surface area contributed by atoms with E-state index in [1.165, 1.54) is 6.92 Å². The molecule has 1 atom stereocenters. The van der Waals surface area contributed by atoms with Gasteiger partial charge in [-0.2, -0.15) is 0 Å². The monoisotopic (exact) mass is 383 g/mol. The number of hydrogen-bond donors (Lipinski definition) is 1. The van der Waals surface area contributed by atoms with Crippen LogP contribution in [-0.2, 0) is 4.79 Å². The van der Waals surface area contributed by atoms with Gasteiger partial charge >= 0.3 is 0 Å². The maximum atomic E-state index is 13.2. The predicted molar refractivity (Wildman–Crippen MR) is 106 cm³/mol. The Morgan fingerprint density at radius 3 is 2.32 bits per heavy atom. The molecule has 2 heterocycles. The van der Waals surface area contributed by atoms with Crippen molar-refractivity contribution in [3.63, 3.8) is 0 Å². The topological polar surface area (TPSA) is 82.7 Å². The number of aromatic amines is 1. The molecule has 1 fully saturated rings. The number of H-pyrrole nitrogens is 1. The van der Waals surface area contributed by atoms with Crippen molar-refractivity contribution < 1.29 is 19.1 Å². The van der Waals surface area contributed by atoms with E-state index >= 15 is 0 Å². The largest absolute Gasteiger partial charge is 0.497 e. The molecular formula is C21H25N3O4. The first-order valence-corrected chi connectivity index (χ1v) is 9.22. The van der Waals surface area contributed by atoms with E-state index in [1.807, 2.05) is 12.1 Å². The first-order chi connectivity index (χ1) is 13.3. The van der Waals surface area contributed by atoms with Gasteiger partial charge in [-0.05, 0) is 50.6 Å². The normalized spacial score (nSPS) is 17.0. The highest BCUT2D eigenvalue weighted by atomic mass is 16.5. The lowest BCUT2D eigenvalue weighted by Crippen LogP contribution is -2.57. The Bertz CT molecular complexity index is 930. The van der Waals surface area contributed by atoms with Crippen LogP contribution in [0.1, 0.15) is 46.0 Å². The summed E-state index contributed by atoms with van der Waals surface area (Å²) in [6, 6.07) is 6.68. The van der Waals surface area contributed by atoms with Crippen LogP contribution in [0.2, 0.25) is 0 Å². The molecule has 0 aliphatic carbocycles. The van der Waals surface area contributed by atoms with Gasteiger partial charge in [0.25, 0.3) is 5.91 Å². The number of Topliss-reactive ketones (excluding diaryl/α,β-unsaturated/α-hetero) is 1. The second-order valence-corrected chi connectivity index (χ2v) is 7.04. The zero-order valence-electron chi connectivity index (χ0n) is 16.8. The van der Waals surface area contributed by atoms with Crippen LogP contribution >= 0.6 is 0 Å². The molecular weight excluding hydrogens is 358 g/mol. The van der Waals surface area contributed by atoms with Crippen molar-refractivity contribution in [2.75, 3.05) is 25.1 Å². The third-order valence-electron chi connectivity index (χ3n) is 5.30. The van der Waals surface area contributed by atoms with Crippen molar-refractivity contribution >= 4 is 23.3 Å². The van der Waals surface area contributed by atoms with E-state index in [4.69, 9.17) is 4.74 Å². The Morgan fingerprint density at radius 2 is 1.79 bits per heavy atom. The molecule has 28 heavy (non-hydrogen) atoms. The van der Waals surface area contributed by atoms with Crippen molar-refractivity contribution in [2.45, 2.75) is 33.7 Å². The Kier molecular flexibility index (Phi) is 5.27. The fourth-order valence-electron chi connectivity index (χ4n) is 3.73. The minimum absolute atomic E-state index is 0.118. The quantitative estimate of drug-likeness (QED) is 0.823. The summed E-state index contributed by atoms with van der Waals surface area (Å²) in [6.45, 7) is 7.55. The number of aryl methyl sites for hydroxylation is 1. The Hall–Kier alpha value is -3.09. The van der Waals surface area contributed by atoms with Crippen LogP contribution in [0.5, 0.6) is 5.75 Å². The number of aromatic nitrogens is 1. The smallest absolute Gasteiger partial charge is 0.256 e. The standard InChI is InChI=1S/C21H25N3O4/c1-12-18(13(2)22-19(12)15(4)25)21(27)23-10-11-24(20(26)14(23)3)16-6-8-17(28-5)9-7-16/h6-9,14,22H,10-11H2,1-5H3/t14-/m1/s1. The molecule has 2 aromatic rings. The number of carbonyl (C=O) groups is 3. The number of anilines is 1. The number of benzene rings is 1. The fraction of sp³-hybridized carbons (Fsp3) is 0.381. The van der Waals surface area contributed by atoms with Crippen molar-refractivity contribution in [1.29, 1.82) is 0 Å². The number of methoxy groups -OCH3 is 1. The zero-order chi connectivity index (χ0) is 20.6. The molecule has 1 N–H and O–H groups in total. The van der Waals surface area contributed by atoms with Gasteiger partial charge in [0.2, 0.25) is 5.91 Å². The number of hydrogen-bond acceptors (Lipinski definition) is 4. The molecule has 2 amide bonds. The van der Waals surface area contributed by atoms with Crippen LogP contribution in [0.25, 0.3) is 0 Å². The summed E-state index contributed by atoms with van der Waals surface area (Å²) < 4.78 is 5.16. The maximum absolute atomic E-state index is 13.2. The number of ketones is 1. The van der Waals surface area contributed by atoms with Crippen LogP contribution in [0.15, 0.2) is 24.3 Å². The second-order valence-electron chi connectivity index (χ2n) is 7.04. The van der Waals surface area contributed by atoms with E-state index in [9.17, 15) is 14.4 Å². The van der Waals surface area contributed by atoms with E-state index < -0.39 is 6.04 Å². The second kappa shape index (κ2) is 7.50. The van der Waals surface area contributed by atoms with Gasteiger partial charge in [-0.15, -0.1) is 0 Å². The molecule has 7 nitrogen and oxygen atoms in total. The van der Waals surface area contributed by atoms with Gasteiger partial charge in [0, 0.05) is 31.4 Å². The molecule has 1 aromatic heterocycles. The molecule has 148 valence electrons. The molecule has 1 aliphatic heterocycles. The lowest BCUT2D eigenvalue weighted by molar-refractivity contribution is -0.124. The Morgan fingerprint density at radius 1 is 1.14 bits per heavy atom. The number of ether oxygens (including phenoxy) is 1. The van der Waals surface area contributed by atoms with Crippen LogP contribution in [0.3, 0.4) is 0 Å². The van der Waals surface area contributed by atoms with E-state index in [0.717, 1.165) is 11.4 Å². The number of rotatable bonds is 4. The average Bonchev–Trinajstić information content (AvgIpc) is 2.98. The highest BCUT2D eigenvalue weighted by molar-refractivity contribution is 6.06. The zero-order valence-corrected chi connectivity index (χ0v) is 16.8. The third-order valence-corrected chi connectivity index (χ3v) is 5.30. The van der Waals surface area contributed by atoms with Gasteiger partial charge in [0.1, 0.15) is 11.8 Å².